The van der Waals surface area contributed by atoms with Gasteiger partial charge < -0.3 is 45.1 Å². The summed E-state index contributed by atoms with van der Waals surface area (Å²) in [5.74, 6) is -1.19. The first-order chi connectivity index (χ1) is 37.7. The van der Waals surface area contributed by atoms with Gasteiger partial charge in [0.05, 0.1) is 25.4 Å². The summed E-state index contributed by atoms with van der Waals surface area (Å²) in [4.78, 5) is 26.6. The molecule has 0 aliphatic carbocycles. The molecule has 0 bridgehead atoms. The van der Waals surface area contributed by atoms with Crippen molar-refractivity contribution in [2.75, 3.05) is 13.2 Å². The van der Waals surface area contributed by atoms with Gasteiger partial charge in [-0.3, -0.25) is 9.59 Å². The van der Waals surface area contributed by atoms with Crippen LogP contribution >= 0.6 is 0 Å². The average Bonchev–Trinajstić information content (AvgIpc) is 3.43. The highest BCUT2D eigenvalue weighted by molar-refractivity contribution is 5.80. The van der Waals surface area contributed by atoms with Gasteiger partial charge in [0.2, 0.25) is 5.91 Å². The Kier molecular flexibility index (Phi) is 51.1. The highest BCUT2D eigenvalue weighted by atomic mass is 16.7. The summed E-state index contributed by atoms with van der Waals surface area (Å²) in [7, 11) is 0. The summed E-state index contributed by atoms with van der Waals surface area (Å²) in [5.41, 5.74) is 0. The summed E-state index contributed by atoms with van der Waals surface area (Å²) in [5, 5.41) is 57.0. The van der Waals surface area contributed by atoms with Crippen LogP contribution < -0.4 is 5.32 Å². The van der Waals surface area contributed by atoms with Gasteiger partial charge in [-0.2, -0.15) is 0 Å². The van der Waals surface area contributed by atoms with Crippen molar-refractivity contribution in [1.29, 1.82) is 0 Å². The fraction of sp³-hybridized carbons (Fsp3) is 0.848. The zero-order valence-electron chi connectivity index (χ0n) is 49.8. The van der Waals surface area contributed by atoms with Crippen LogP contribution in [0.1, 0.15) is 297 Å². The molecule has 8 unspecified atom stereocenters. The van der Waals surface area contributed by atoms with Crippen molar-refractivity contribution in [3.05, 3.63) is 48.6 Å². The molecule has 11 nitrogen and oxygen atoms in total. The average molecular weight is 1090 g/mol. The summed E-state index contributed by atoms with van der Waals surface area (Å²) in [6.07, 6.45) is 55.7. The van der Waals surface area contributed by atoms with E-state index in [9.17, 15) is 35.1 Å². The molecule has 1 fully saturated rings. The Labute approximate surface area is 472 Å². The van der Waals surface area contributed by atoms with Crippen molar-refractivity contribution in [2.24, 2.45) is 0 Å². The summed E-state index contributed by atoms with van der Waals surface area (Å²) in [6, 6.07) is -1.03. The number of esters is 1. The standard InChI is InChI=1S/C66H121NO10/c1-4-7-10-13-16-19-22-24-26-28-30-32-34-36-39-42-45-48-51-54-61(71)77-64-63(73)62(72)60(55-68)76-66(64)75-56-57(58(69)52-49-46-43-40-37-21-18-15-12-9-6-3)67-65(74)59(70)53-50-47-44-41-38-35-33-31-29-27-25-23-20-17-14-11-8-5-2/h17,20,24-27,49,52,57-60,62-64,66,68-70,72-73H,4-16,18-19,21-23,28-48,50-51,53-56H2,1-3H3,(H,67,74)/b20-17-,26-24+,27-25-,52-49+. The summed E-state index contributed by atoms with van der Waals surface area (Å²) in [6.45, 7) is 5.77. The van der Waals surface area contributed by atoms with E-state index in [1.54, 1.807) is 6.08 Å². The molecule has 1 aliphatic rings. The van der Waals surface area contributed by atoms with E-state index in [4.69, 9.17) is 14.2 Å². The second-order valence-electron chi connectivity index (χ2n) is 22.5. The minimum absolute atomic E-state index is 0.122. The molecule has 0 aromatic carbocycles. The number of rotatable bonds is 55. The van der Waals surface area contributed by atoms with Crippen molar-refractivity contribution in [1.82, 2.24) is 5.32 Å². The van der Waals surface area contributed by atoms with Crippen molar-refractivity contribution in [3.63, 3.8) is 0 Å². The number of aliphatic hydroxyl groups is 5. The lowest BCUT2D eigenvalue weighted by Crippen LogP contribution is -2.61. The first-order valence-electron chi connectivity index (χ1n) is 32.4. The van der Waals surface area contributed by atoms with Gasteiger partial charge in [0.1, 0.15) is 24.4 Å². The Hall–Kier alpha value is -2.38. The third-order valence-corrected chi connectivity index (χ3v) is 15.2. The molecule has 0 spiro atoms. The van der Waals surface area contributed by atoms with E-state index in [1.165, 1.54) is 180 Å². The Morgan fingerprint density at radius 1 is 0.506 bits per heavy atom. The third-order valence-electron chi connectivity index (χ3n) is 15.2. The first-order valence-corrected chi connectivity index (χ1v) is 32.4. The fourth-order valence-corrected chi connectivity index (χ4v) is 10.0. The topological polar surface area (TPSA) is 175 Å². The van der Waals surface area contributed by atoms with Gasteiger partial charge >= 0.3 is 5.97 Å². The summed E-state index contributed by atoms with van der Waals surface area (Å²) >= 11 is 0. The molecule has 1 heterocycles. The van der Waals surface area contributed by atoms with Crippen LogP contribution in [0.4, 0.5) is 0 Å². The molecule has 77 heavy (non-hydrogen) atoms. The van der Waals surface area contributed by atoms with E-state index < -0.39 is 67.4 Å². The predicted octanol–water partition coefficient (Wildman–Crippen LogP) is 15.6. The third kappa shape index (κ3) is 42.2. The van der Waals surface area contributed by atoms with Gasteiger partial charge in [0, 0.05) is 6.42 Å². The Bertz CT molecular complexity index is 1440. The smallest absolute Gasteiger partial charge is 0.306 e. The predicted molar refractivity (Wildman–Crippen MR) is 320 cm³/mol. The van der Waals surface area contributed by atoms with Crippen molar-refractivity contribution in [3.8, 4) is 0 Å². The molecule has 0 aromatic rings. The maximum atomic E-state index is 13.4. The Morgan fingerprint density at radius 2 is 0.896 bits per heavy atom. The van der Waals surface area contributed by atoms with Crippen LogP contribution in [0.3, 0.4) is 0 Å². The monoisotopic (exact) mass is 1090 g/mol. The normalized spacial score (nSPS) is 19.3. The van der Waals surface area contributed by atoms with Crippen LogP contribution in [-0.2, 0) is 23.8 Å². The van der Waals surface area contributed by atoms with E-state index in [2.05, 4.69) is 62.5 Å². The molecular weight excluding hydrogens is 967 g/mol. The molecule has 1 aliphatic heterocycles. The largest absolute Gasteiger partial charge is 0.454 e. The number of aliphatic hydroxyl groups excluding tert-OH is 5. The number of nitrogens with one attached hydrogen (secondary N) is 1. The molecule has 1 saturated heterocycles. The molecule has 11 heteroatoms. The van der Waals surface area contributed by atoms with Crippen LogP contribution in [-0.4, -0.2) is 99.6 Å². The van der Waals surface area contributed by atoms with Gasteiger partial charge in [-0.05, 0) is 83.5 Å². The number of carbonyl (C=O) groups excluding carboxylic acids is 2. The number of allylic oxidation sites excluding steroid dienone is 7. The molecule has 0 radical (unpaired) electrons. The van der Waals surface area contributed by atoms with E-state index >= 15 is 0 Å². The van der Waals surface area contributed by atoms with E-state index in [0.29, 0.717) is 12.8 Å². The number of unbranched alkanes of at least 4 members (excludes halogenated alkanes) is 35. The molecule has 0 saturated carbocycles. The van der Waals surface area contributed by atoms with Crippen LogP contribution in [0.15, 0.2) is 48.6 Å². The highest BCUT2D eigenvalue weighted by Gasteiger charge is 2.47. The second kappa shape index (κ2) is 54.2. The number of ether oxygens (including phenoxy) is 3. The molecule has 0 aromatic heterocycles. The number of hydrogen-bond acceptors (Lipinski definition) is 10. The zero-order chi connectivity index (χ0) is 56.1. The van der Waals surface area contributed by atoms with Crippen LogP contribution in [0.5, 0.6) is 0 Å². The molecule has 1 amide bonds. The lowest BCUT2D eigenvalue weighted by Gasteiger charge is -2.41. The lowest BCUT2D eigenvalue weighted by atomic mass is 9.99. The highest BCUT2D eigenvalue weighted by Crippen LogP contribution is 2.26. The molecule has 1 rings (SSSR count). The van der Waals surface area contributed by atoms with E-state index in [1.807, 2.05) is 6.08 Å². The van der Waals surface area contributed by atoms with Gasteiger partial charge in [0.25, 0.3) is 0 Å². The molecule has 6 N–H and O–H groups in total. The molecular formula is C66H121NO10. The van der Waals surface area contributed by atoms with Crippen LogP contribution in [0.25, 0.3) is 0 Å². The lowest BCUT2D eigenvalue weighted by molar-refractivity contribution is -0.305. The van der Waals surface area contributed by atoms with Gasteiger partial charge in [-0.1, -0.05) is 256 Å². The van der Waals surface area contributed by atoms with Crippen molar-refractivity contribution < 1.29 is 49.3 Å². The second-order valence-corrected chi connectivity index (χ2v) is 22.5. The van der Waals surface area contributed by atoms with Crippen molar-refractivity contribution in [2.45, 2.75) is 346 Å². The minimum atomic E-state index is -1.61. The molecule has 450 valence electrons. The van der Waals surface area contributed by atoms with E-state index in [-0.39, 0.29) is 19.4 Å². The van der Waals surface area contributed by atoms with Crippen LogP contribution in [0.2, 0.25) is 0 Å². The number of carbonyl (C=O) groups is 2. The Morgan fingerprint density at radius 3 is 1.36 bits per heavy atom. The summed E-state index contributed by atoms with van der Waals surface area (Å²) < 4.78 is 17.6. The number of hydrogen-bond donors (Lipinski definition) is 6. The van der Waals surface area contributed by atoms with Crippen molar-refractivity contribution >= 4 is 11.9 Å². The first kappa shape index (κ1) is 72.6. The van der Waals surface area contributed by atoms with Gasteiger partial charge in [-0.25, -0.2) is 0 Å². The Balaban J connectivity index is 2.63. The van der Waals surface area contributed by atoms with Gasteiger partial charge in [0.15, 0.2) is 12.4 Å². The molecule has 8 atom stereocenters. The van der Waals surface area contributed by atoms with E-state index in [0.717, 1.165) is 70.6 Å². The number of amides is 1. The maximum Gasteiger partial charge on any atom is 0.306 e. The minimum Gasteiger partial charge on any atom is -0.454 e. The van der Waals surface area contributed by atoms with Gasteiger partial charge in [-0.15, -0.1) is 0 Å². The fourth-order valence-electron chi connectivity index (χ4n) is 10.0. The van der Waals surface area contributed by atoms with Crippen LogP contribution in [0, 0.1) is 0 Å². The SMILES string of the molecule is CCCCC/C=C\C/C=C\CCCCCCCCCCC(O)C(=O)NC(COC1OC(CO)C(O)C(O)C1OC(=O)CCCCCCCCCCC/C=C/CCCCCCCC)C(O)/C=C/CCCCCCCCCCC. The quantitative estimate of drug-likeness (QED) is 0.0195. The zero-order valence-corrected chi connectivity index (χ0v) is 49.8. The maximum absolute atomic E-state index is 13.4.